The fourth-order valence-electron chi connectivity index (χ4n) is 1.82. The van der Waals surface area contributed by atoms with Crippen molar-refractivity contribution in [2.24, 2.45) is 0 Å². The molecule has 0 N–H and O–H groups in total. The molecule has 0 aliphatic heterocycles. The van der Waals surface area contributed by atoms with E-state index in [1.54, 1.807) is 11.3 Å². The largest absolute Gasteiger partial charge is 0.135 e. The summed E-state index contributed by atoms with van der Waals surface area (Å²) in [6, 6.07) is 0. The predicted molar refractivity (Wildman–Crippen MR) is 72.5 cm³/mol. The minimum absolute atomic E-state index is 0.456. The highest BCUT2D eigenvalue weighted by atomic mass is 79.9. The maximum Gasteiger partial charge on any atom is 0.0432 e. The van der Waals surface area contributed by atoms with Gasteiger partial charge < -0.3 is 0 Å². The van der Waals surface area contributed by atoms with E-state index >= 15 is 0 Å². The zero-order valence-electron chi connectivity index (χ0n) is 8.46. The molecule has 1 unspecified atom stereocenters. The second-order valence-corrected chi connectivity index (χ2v) is 5.66. The molecule has 2 heteroatoms. The Balaban J connectivity index is 2.74. The highest BCUT2D eigenvalue weighted by Gasteiger charge is 2.14. The van der Waals surface area contributed by atoms with E-state index in [2.05, 4.69) is 47.0 Å². The Bertz CT molecular complexity index is 555. The van der Waals surface area contributed by atoms with Crippen LogP contribution in [0.4, 0.5) is 0 Å². The van der Waals surface area contributed by atoms with Gasteiger partial charge in [-0.2, -0.15) is 0 Å². The standard InChI is InChI=1S/C13H11BrS/c1-3-5-12-10(4-2)11-8-9(14)6-7-13(11)15-12/h1,4-7,9H,8H2,2H3/b10-4-,12-5+. The summed E-state index contributed by atoms with van der Waals surface area (Å²) in [6.07, 6.45) is 14.8. The lowest BCUT2D eigenvalue weighted by Gasteiger charge is -2.09. The molecule has 1 heterocycles. The molecule has 0 spiro atoms. The maximum absolute atomic E-state index is 5.33. The Morgan fingerprint density at radius 3 is 3.13 bits per heavy atom. The first-order chi connectivity index (χ1) is 7.26. The molecular formula is C13H11BrS. The molecule has 15 heavy (non-hydrogen) atoms. The molecule has 0 aromatic carbocycles. The number of halogens is 1. The average Bonchev–Trinajstić information content (AvgIpc) is 2.55. The number of rotatable bonds is 0. The summed E-state index contributed by atoms with van der Waals surface area (Å²) in [7, 11) is 0. The van der Waals surface area contributed by atoms with Crippen molar-refractivity contribution >= 4 is 45.5 Å². The summed E-state index contributed by atoms with van der Waals surface area (Å²) >= 11 is 5.40. The second kappa shape index (κ2) is 4.38. The van der Waals surface area contributed by atoms with Crippen LogP contribution in [0.3, 0.4) is 0 Å². The number of terminal acetylenes is 1. The van der Waals surface area contributed by atoms with Crippen molar-refractivity contribution in [1.29, 1.82) is 0 Å². The molecule has 1 aliphatic carbocycles. The number of allylic oxidation sites excluding steroid dienone is 1. The smallest absolute Gasteiger partial charge is 0.0432 e. The van der Waals surface area contributed by atoms with Crippen molar-refractivity contribution < 1.29 is 0 Å². The van der Waals surface area contributed by atoms with Crippen molar-refractivity contribution in [1.82, 2.24) is 0 Å². The number of hydrogen-bond acceptors (Lipinski definition) is 1. The fraction of sp³-hybridized carbons (Fsp3) is 0.231. The van der Waals surface area contributed by atoms with Gasteiger partial charge in [0, 0.05) is 20.3 Å². The van der Waals surface area contributed by atoms with Crippen molar-refractivity contribution in [3.8, 4) is 12.3 Å². The van der Waals surface area contributed by atoms with E-state index in [-0.39, 0.29) is 0 Å². The van der Waals surface area contributed by atoms with Crippen LogP contribution >= 0.6 is 27.3 Å². The Morgan fingerprint density at radius 1 is 1.67 bits per heavy atom. The topological polar surface area (TPSA) is 0 Å². The first-order valence-corrected chi connectivity index (χ1v) is 6.56. The molecule has 1 atom stereocenters. The lowest BCUT2D eigenvalue weighted by atomic mass is 10.0. The van der Waals surface area contributed by atoms with E-state index in [1.165, 1.54) is 20.2 Å². The van der Waals surface area contributed by atoms with Crippen LogP contribution < -0.4 is 9.75 Å². The van der Waals surface area contributed by atoms with Gasteiger partial charge in [0.15, 0.2) is 0 Å². The number of hydrogen-bond donors (Lipinski definition) is 0. The molecule has 0 radical (unpaired) electrons. The molecule has 0 amide bonds. The fourth-order valence-corrected chi connectivity index (χ4v) is 3.47. The van der Waals surface area contributed by atoms with Gasteiger partial charge >= 0.3 is 0 Å². The van der Waals surface area contributed by atoms with Crippen LogP contribution in [0.1, 0.15) is 17.4 Å². The highest BCUT2D eigenvalue weighted by Crippen LogP contribution is 2.22. The van der Waals surface area contributed by atoms with Crippen LogP contribution in [0.25, 0.3) is 18.2 Å². The summed E-state index contributed by atoms with van der Waals surface area (Å²) in [5, 5.41) is 1.31. The van der Waals surface area contributed by atoms with Crippen LogP contribution in [0, 0.1) is 12.3 Å². The third-order valence-electron chi connectivity index (χ3n) is 2.47. The van der Waals surface area contributed by atoms with Crippen LogP contribution in [-0.4, -0.2) is 4.83 Å². The van der Waals surface area contributed by atoms with Crippen LogP contribution in [0.15, 0.2) is 6.08 Å². The zero-order valence-corrected chi connectivity index (χ0v) is 10.9. The Hall–Kier alpha value is -0.780. The average molecular weight is 279 g/mol. The number of alkyl halides is 1. The lowest BCUT2D eigenvalue weighted by molar-refractivity contribution is 1.02. The molecule has 2 rings (SSSR count). The second-order valence-electron chi connectivity index (χ2n) is 3.40. The van der Waals surface area contributed by atoms with Crippen LogP contribution in [0.2, 0.25) is 0 Å². The summed E-state index contributed by atoms with van der Waals surface area (Å²) in [5.74, 6) is 2.61. The van der Waals surface area contributed by atoms with Gasteiger partial charge in [-0.25, -0.2) is 0 Å². The lowest BCUT2D eigenvalue weighted by Crippen LogP contribution is -2.23. The minimum Gasteiger partial charge on any atom is -0.135 e. The van der Waals surface area contributed by atoms with Crippen LogP contribution in [0.5, 0.6) is 0 Å². The molecular weight excluding hydrogens is 268 g/mol. The number of fused-ring (bicyclic) bond motifs is 1. The van der Waals surface area contributed by atoms with Gasteiger partial charge in [0.25, 0.3) is 0 Å². The highest BCUT2D eigenvalue weighted by molar-refractivity contribution is 9.09. The molecule has 1 aliphatic rings. The van der Waals surface area contributed by atoms with E-state index in [1.807, 2.05) is 6.08 Å². The summed E-state index contributed by atoms with van der Waals surface area (Å²) in [6.45, 7) is 2.07. The monoisotopic (exact) mass is 278 g/mol. The van der Waals surface area contributed by atoms with E-state index in [9.17, 15) is 0 Å². The predicted octanol–water partition coefficient (Wildman–Crippen LogP) is 2.30. The SMILES string of the molecule is C#C/C=c1/sc2c(/c1=C/C)CC(Br)C=C2. The third-order valence-corrected chi connectivity index (χ3v) is 4.26. The molecule has 76 valence electrons. The van der Waals surface area contributed by atoms with E-state index in [4.69, 9.17) is 6.42 Å². The van der Waals surface area contributed by atoms with Gasteiger partial charge in [-0.05, 0) is 30.2 Å². The van der Waals surface area contributed by atoms with Gasteiger partial charge in [0.2, 0.25) is 0 Å². The molecule has 0 bridgehead atoms. The summed E-state index contributed by atoms with van der Waals surface area (Å²) in [4.78, 5) is 1.80. The van der Waals surface area contributed by atoms with Crippen molar-refractivity contribution in [3.05, 3.63) is 26.3 Å². The normalized spacial score (nSPS) is 21.5. The van der Waals surface area contributed by atoms with E-state index in [0.717, 1.165) is 6.42 Å². The van der Waals surface area contributed by atoms with Crippen molar-refractivity contribution in [2.75, 3.05) is 0 Å². The Labute approximate surface area is 102 Å². The van der Waals surface area contributed by atoms with Gasteiger partial charge in [-0.15, -0.1) is 17.8 Å². The van der Waals surface area contributed by atoms with Gasteiger partial charge in [-0.1, -0.05) is 34.0 Å². The van der Waals surface area contributed by atoms with Gasteiger partial charge in [0.1, 0.15) is 0 Å². The summed E-state index contributed by atoms with van der Waals surface area (Å²) < 4.78 is 1.20. The molecule has 1 aromatic rings. The van der Waals surface area contributed by atoms with E-state index < -0.39 is 0 Å². The Kier molecular flexibility index (Phi) is 3.14. The molecule has 1 aromatic heterocycles. The number of thiophene rings is 1. The molecule has 0 saturated carbocycles. The van der Waals surface area contributed by atoms with E-state index in [0.29, 0.717) is 4.83 Å². The first kappa shape index (κ1) is 10.7. The summed E-state index contributed by atoms with van der Waals surface area (Å²) in [5.41, 5.74) is 1.42. The Morgan fingerprint density at radius 2 is 2.47 bits per heavy atom. The van der Waals surface area contributed by atoms with Crippen molar-refractivity contribution in [2.45, 2.75) is 18.2 Å². The van der Waals surface area contributed by atoms with Gasteiger partial charge in [0.05, 0.1) is 0 Å². The molecule has 0 saturated heterocycles. The third kappa shape index (κ3) is 1.95. The molecule has 0 nitrogen and oxygen atoms in total. The van der Waals surface area contributed by atoms with Gasteiger partial charge in [-0.3, -0.25) is 0 Å². The zero-order chi connectivity index (χ0) is 10.8. The minimum atomic E-state index is 0.456. The first-order valence-electron chi connectivity index (χ1n) is 4.83. The molecule has 0 fully saturated rings. The quantitative estimate of drug-likeness (QED) is 0.505. The van der Waals surface area contributed by atoms with Crippen LogP contribution in [-0.2, 0) is 6.42 Å². The maximum atomic E-state index is 5.33. The van der Waals surface area contributed by atoms with Crippen molar-refractivity contribution in [3.63, 3.8) is 0 Å².